The van der Waals surface area contributed by atoms with Crippen molar-refractivity contribution in [2.45, 2.75) is 31.1 Å². The minimum atomic E-state index is -1.53. The Morgan fingerprint density at radius 2 is 1.43 bits per heavy atom. The summed E-state index contributed by atoms with van der Waals surface area (Å²) >= 11 is 0. The summed E-state index contributed by atoms with van der Waals surface area (Å²) in [5.41, 5.74) is 7.57. The van der Waals surface area contributed by atoms with Crippen LogP contribution in [0.3, 0.4) is 0 Å². The Bertz CT molecular complexity index is 2570. The molecule has 4 amide bonds. The fourth-order valence-electron chi connectivity index (χ4n) is 9.88. The Morgan fingerprint density at radius 3 is 2.08 bits per heavy atom. The van der Waals surface area contributed by atoms with Crippen LogP contribution < -0.4 is 20.0 Å². The molecule has 2 N–H and O–H groups in total. The number of aryl methyl sites for hydroxylation is 1. The molecule has 0 bridgehead atoms. The summed E-state index contributed by atoms with van der Waals surface area (Å²) in [6.07, 6.45) is 2.33. The molecule has 4 aliphatic rings. The molecule has 60 heavy (non-hydrogen) atoms. The number of para-hydroxylation sites is 1. The fourth-order valence-corrected chi connectivity index (χ4v) is 9.88. The molecule has 2 aliphatic carbocycles. The Kier molecular flexibility index (Phi) is 9.57. The van der Waals surface area contributed by atoms with Crippen molar-refractivity contribution in [2.24, 2.45) is 33.9 Å². The first-order valence-electron chi connectivity index (χ1n) is 20.0. The standard InChI is InChI=1S/C48H44N6O6/c1-28-13-15-32(16-14-28)51-54-45(57)39-27-38-35(42(37-11-8-12-40(60-4)43(37)55)48(39,47(54)59)29-9-6-5-7-10-29)25-26-36-41(38)46(58)53(44(36)56)34-23-19-31(20-24-34)50-49-30-17-21-33(22-18-30)52(2)3/h5-25,36,38-39,41-42,51,55H,26-27H2,1-4H3. The maximum absolute atomic E-state index is 15.4. The summed E-state index contributed by atoms with van der Waals surface area (Å²) in [4.78, 5) is 62.7. The van der Waals surface area contributed by atoms with Gasteiger partial charge in [-0.25, -0.2) is 0 Å². The number of carbonyl (C=O) groups is 4. The van der Waals surface area contributed by atoms with E-state index in [0.29, 0.717) is 33.9 Å². The van der Waals surface area contributed by atoms with E-state index in [9.17, 15) is 19.5 Å². The van der Waals surface area contributed by atoms with E-state index in [0.717, 1.165) is 21.8 Å². The normalized spacial score (nSPS) is 24.6. The molecule has 6 unspecified atom stereocenters. The average molecular weight is 801 g/mol. The number of imide groups is 2. The van der Waals surface area contributed by atoms with Gasteiger partial charge in [0.05, 0.1) is 53.0 Å². The Balaban J connectivity index is 1.11. The van der Waals surface area contributed by atoms with Crippen molar-refractivity contribution < 1.29 is 29.0 Å². The van der Waals surface area contributed by atoms with Crippen LogP contribution in [-0.2, 0) is 24.6 Å². The third-order valence-corrected chi connectivity index (χ3v) is 12.7. The second-order valence-corrected chi connectivity index (χ2v) is 16.1. The van der Waals surface area contributed by atoms with Gasteiger partial charge in [0.15, 0.2) is 11.5 Å². The number of hydrazine groups is 1. The predicted molar refractivity (Wildman–Crippen MR) is 227 cm³/mol. The lowest BCUT2D eigenvalue weighted by Gasteiger charge is -2.50. The molecular formula is C48H44N6O6. The molecule has 2 heterocycles. The van der Waals surface area contributed by atoms with Gasteiger partial charge in [0, 0.05) is 31.3 Å². The van der Waals surface area contributed by atoms with Crippen LogP contribution in [-0.4, -0.2) is 54.9 Å². The summed E-state index contributed by atoms with van der Waals surface area (Å²) in [7, 11) is 5.38. The minimum absolute atomic E-state index is 0.126. The zero-order valence-electron chi connectivity index (χ0n) is 33.6. The van der Waals surface area contributed by atoms with Crippen molar-refractivity contribution >= 4 is 52.1 Å². The van der Waals surface area contributed by atoms with E-state index in [1.54, 1.807) is 42.5 Å². The number of phenolic OH excluding ortho intramolecular Hbond substituents is 1. The molecule has 0 spiro atoms. The van der Waals surface area contributed by atoms with Gasteiger partial charge in [-0.1, -0.05) is 71.8 Å². The van der Waals surface area contributed by atoms with E-state index < -0.39 is 46.8 Å². The number of ether oxygens (including phenoxy) is 1. The highest BCUT2D eigenvalue weighted by molar-refractivity contribution is 6.22. The van der Waals surface area contributed by atoms with Crippen LogP contribution in [0.5, 0.6) is 11.5 Å². The van der Waals surface area contributed by atoms with Crippen molar-refractivity contribution in [3.05, 3.63) is 150 Å². The molecular weight excluding hydrogens is 757 g/mol. The van der Waals surface area contributed by atoms with Gasteiger partial charge in [0.1, 0.15) is 0 Å². The van der Waals surface area contributed by atoms with Crippen molar-refractivity contribution in [1.82, 2.24) is 5.01 Å². The number of hydrogen-bond donors (Lipinski definition) is 2. The number of phenols is 1. The molecule has 302 valence electrons. The molecule has 5 aromatic rings. The monoisotopic (exact) mass is 800 g/mol. The number of carbonyl (C=O) groups excluding carboxylic acids is 4. The number of nitrogens with one attached hydrogen (secondary N) is 1. The van der Waals surface area contributed by atoms with E-state index in [-0.39, 0.29) is 36.2 Å². The lowest BCUT2D eigenvalue weighted by molar-refractivity contribution is -0.138. The van der Waals surface area contributed by atoms with Gasteiger partial charge in [-0.3, -0.25) is 29.5 Å². The largest absolute Gasteiger partial charge is 0.504 e. The Hall–Kier alpha value is -7.08. The number of methoxy groups -OCH3 is 1. The van der Waals surface area contributed by atoms with Gasteiger partial charge in [-0.2, -0.15) is 15.2 Å². The van der Waals surface area contributed by atoms with Gasteiger partial charge in [0.2, 0.25) is 11.8 Å². The number of hydrogen-bond acceptors (Lipinski definition) is 10. The number of amides is 4. The number of azo groups is 1. The topological polar surface area (TPSA) is 144 Å². The van der Waals surface area contributed by atoms with Crippen molar-refractivity contribution in [1.29, 1.82) is 0 Å². The zero-order chi connectivity index (χ0) is 41.9. The van der Waals surface area contributed by atoms with Crippen LogP contribution in [0.15, 0.2) is 143 Å². The van der Waals surface area contributed by atoms with Crippen LogP contribution in [0.25, 0.3) is 0 Å². The third-order valence-electron chi connectivity index (χ3n) is 12.7. The molecule has 1 saturated carbocycles. The second-order valence-electron chi connectivity index (χ2n) is 16.1. The number of benzene rings is 5. The average Bonchev–Trinajstić information content (AvgIpc) is 3.65. The van der Waals surface area contributed by atoms with Gasteiger partial charge >= 0.3 is 0 Å². The first-order valence-corrected chi connectivity index (χ1v) is 20.0. The summed E-state index contributed by atoms with van der Waals surface area (Å²) in [5.74, 6) is -5.56. The number of rotatable bonds is 9. The number of nitrogens with zero attached hydrogens (tertiary/aromatic N) is 5. The van der Waals surface area contributed by atoms with E-state index in [1.165, 1.54) is 12.0 Å². The van der Waals surface area contributed by atoms with Gasteiger partial charge in [-0.15, -0.1) is 0 Å². The number of allylic oxidation sites excluding steroid dienone is 2. The molecule has 3 fully saturated rings. The number of anilines is 3. The van der Waals surface area contributed by atoms with Crippen LogP contribution in [0, 0.1) is 30.6 Å². The highest BCUT2D eigenvalue weighted by Gasteiger charge is 2.70. The lowest BCUT2D eigenvalue weighted by Crippen LogP contribution is -2.53. The molecule has 9 rings (SSSR count). The fraction of sp³-hybridized carbons (Fsp3) is 0.250. The van der Waals surface area contributed by atoms with E-state index in [2.05, 4.69) is 15.7 Å². The maximum Gasteiger partial charge on any atom is 0.260 e. The van der Waals surface area contributed by atoms with Crippen molar-refractivity contribution in [3.63, 3.8) is 0 Å². The first-order chi connectivity index (χ1) is 29.0. The van der Waals surface area contributed by atoms with Crippen molar-refractivity contribution in [2.75, 3.05) is 36.4 Å². The quantitative estimate of drug-likeness (QED) is 0.0860. The molecule has 6 atom stereocenters. The van der Waals surface area contributed by atoms with E-state index in [1.807, 2.05) is 111 Å². The molecule has 2 saturated heterocycles. The SMILES string of the molecule is COc1cccc(C2C3=CCC4C(=O)N(c5ccc(N=Nc6ccc(N(C)C)cc6)cc5)C(=O)C4C3CC3C(=O)N(Nc4ccc(C)cc4)C(=O)C32c2ccccc2)c1O. The number of fused-ring (bicyclic) bond motifs is 4. The van der Waals surface area contributed by atoms with Crippen LogP contribution in [0.2, 0.25) is 0 Å². The maximum atomic E-state index is 15.4. The zero-order valence-corrected chi connectivity index (χ0v) is 33.6. The molecule has 0 aromatic heterocycles. The summed E-state index contributed by atoms with van der Waals surface area (Å²) in [5, 5.41) is 21.7. The predicted octanol–water partition coefficient (Wildman–Crippen LogP) is 8.38. The Morgan fingerprint density at radius 1 is 0.767 bits per heavy atom. The number of aromatic hydroxyl groups is 1. The van der Waals surface area contributed by atoms with Gasteiger partial charge in [0.25, 0.3) is 11.8 Å². The third kappa shape index (κ3) is 6.04. The van der Waals surface area contributed by atoms with Crippen LogP contribution >= 0.6 is 0 Å². The highest BCUT2D eigenvalue weighted by atomic mass is 16.5. The Labute approximate surface area is 347 Å². The smallest absolute Gasteiger partial charge is 0.260 e. The van der Waals surface area contributed by atoms with E-state index in [4.69, 9.17) is 4.74 Å². The van der Waals surface area contributed by atoms with E-state index >= 15 is 4.79 Å². The minimum Gasteiger partial charge on any atom is -0.504 e. The van der Waals surface area contributed by atoms with Gasteiger partial charge in [-0.05, 0) is 98.0 Å². The van der Waals surface area contributed by atoms with Crippen molar-refractivity contribution in [3.8, 4) is 11.5 Å². The first kappa shape index (κ1) is 38.4. The molecule has 0 radical (unpaired) electrons. The van der Waals surface area contributed by atoms with Crippen LogP contribution in [0.1, 0.15) is 35.4 Å². The molecule has 12 nitrogen and oxygen atoms in total. The van der Waals surface area contributed by atoms with Crippen LogP contribution in [0.4, 0.5) is 28.4 Å². The molecule has 5 aromatic carbocycles. The lowest BCUT2D eigenvalue weighted by atomic mass is 9.49. The van der Waals surface area contributed by atoms with Gasteiger partial charge < -0.3 is 14.7 Å². The highest BCUT2D eigenvalue weighted by Crippen LogP contribution is 2.65. The molecule has 2 aliphatic heterocycles. The summed E-state index contributed by atoms with van der Waals surface area (Å²) in [6, 6.07) is 36.2. The summed E-state index contributed by atoms with van der Waals surface area (Å²) < 4.78 is 5.58. The second kappa shape index (κ2) is 14.9. The summed E-state index contributed by atoms with van der Waals surface area (Å²) in [6.45, 7) is 1.95. The molecule has 12 heteroatoms.